The summed E-state index contributed by atoms with van der Waals surface area (Å²) in [4.78, 5) is 24.2. The molecule has 0 aliphatic carbocycles. The summed E-state index contributed by atoms with van der Waals surface area (Å²) in [7, 11) is 0. The average Bonchev–Trinajstić information content (AvgIpc) is 2.83. The number of nitro benzene ring substituents is 1. The van der Waals surface area contributed by atoms with Crippen molar-refractivity contribution in [2.75, 3.05) is 4.90 Å². The molecule has 0 spiro atoms. The fraction of sp³-hybridized carbons (Fsp3) is 0. The minimum atomic E-state index is -0.718. The zero-order valence-corrected chi connectivity index (χ0v) is 14.0. The number of phenols is 1. The van der Waals surface area contributed by atoms with E-state index in [0.717, 1.165) is 17.8 Å². The van der Waals surface area contributed by atoms with Crippen LogP contribution < -0.4 is 4.90 Å². The van der Waals surface area contributed by atoms with Gasteiger partial charge in [0.2, 0.25) is 0 Å². The van der Waals surface area contributed by atoms with Gasteiger partial charge in [0.05, 0.1) is 15.5 Å². The van der Waals surface area contributed by atoms with E-state index in [1.54, 1.807) is 6.07 Å². The van der Waals surface area contributed by atoms with E-state index in [4.69, 9.17) is 12.2 Å². The molecule has 25 heavy (non-hydrogen) atoms. The number of rotatable bonds is 3. The van der Waals surface area contributed by atoms with Gasteiger partial charge in [0.25, 0.3) is 5.91 Å². The van der Waals surface area contributed by atoms with Gasteiger partial charge >= 0.3 is 5.69 Å². The van der Waals surface area contributed by atoms with Gasteiger partial charge in [-0.1, -0.05) is 36.1 Å². The predicted octanol–water partition coefficient (Wildman–Crippen LogP) is 3.85. The van der Waals surface area contributed by atoms with Crippen molar-refractivity contribution in [3.05, 3.63) is 68.9 Å². The largest absolute Gasteiger partial charge is 0.502 e. The van der Waals surface area contributed by atoms with Crippen molar-refractivity contribution in [2.45, 2.75) is 0 Å². The third-order valence-corrected chi connectivity index (χ3v) is 4.66. The molecule has 1 N–H and O–H groups in total. The highest BCUT2D eigenvalue weighted by Crippen LogP contribution is 2.37. The lowest BCUT2D eigenvalue weighted by atomic mass is 10.1. The number of carbonyl (C=O) groups is 1. The number of carbonyl (C=O) groups excluding carboxylic acids is 1. The van der Waals surface area contributed by atoms with Crippen LogP contribution in [0, 0.1) is 15.9 Å². The van der Waals surface area contributed by atoms with Crippen molar-refractivity contribution in [3.63, 3.8) is 0 Å². The molecule has 126 valence electrons. The summed E-state index contributed by atoms with van der Waals surface area (Å²) >= 11 is 6.19. The minimum Gasteiger partial charge on any atom is -0.502 e. The number of hydrogen-bond acceptors (Lipinski definition) is 6. The molecule has 1 heterocycles. The fourth-order valence-corrected chi connectivity index (χ4v) is 3.53. The first-order chi connectivity index (χ1) is 11.9. The summed E-state index contributed by atoms with van der Waals surface area (Å²) < 4.78 is 13.6. The Morgan fingerprint density at radius 3 is 2.72 bits per heavy atom. The van der Waals surface area contributed by atoms with Crippen LogP contribution in [0.2, 0.25) is 0 Å². The van der Waals surface area contributed by atoms with Crippen LogP contribution in [0.1, 0.15) is 5.56 Å². The number of amides is 1. The van der Waals surface area contributed by atoms with E-state index in [-0.39, 0.29) is 9.23 Å². The van der Waals surface area contributed by atoms with Crippen molar-refractivity contribution in [3.8, 4) is 5.75 Å². The topological polar surface area (TPSA) is 83.7 Å². The van der Waals surface area contributed by atoms with Crippen molar-refractivity contribution >= 4 is 51.7 Å². The molecule has 1 fully saturated rings. The Bertz CT molecular complexity index is 945. The molecular weight excluding hydrogens is 367 g/mol. The highest BCUT2D eigenvalue weighted by molar-refractivity contribution is 8.27. The van der Waals surface area contributed by atoms with Gasteiger partial charge in [0.1, 0.15) is 5.82 Å². The summed E-state index contributed by atoms with van der Waals surface area (Å²) in [5.41, 5.74) is 0.209. The van der Waals surface area contributed by atoms with Crippen LogP contribution in [0.25, 0.3) is 6.08 Å². The van der Waals surface area contributed by atoms with Crippen LogP contribution in [0.3, 0.4) is 0 Å². The molecular formula is C16H9FN2O4S2. The van der Waals surface area contributed by atoms with Crippen LogP contribution in [-0.4, -0.2) is 20.3 Å². The number of halogens is 1. The third kappa shape index (κ3) is 3.37. The molecule has 9 heteroatoms. The highest BCUT2D eigenvalue weighted by Gasteiger charge is 2.33. The Morgan fingerprint density at radius 1 is 1.28 bits per heavy atom. The Kier molecular flexibility index (Phi) is 4.51. The molecule has 3 rings (SSSR count). The van der Waals surface area contributed by atoms with E-state index in [1.807, 2.05) is 0 Å². The summed E-state index contributed by atoms with van der Waals surface area (Å²) in [6.07, 6.45) is 1.44. The zero-order chi connectivity index (χ0) is 18.1. The smallest absolute Gasteiger partial charge is 0.311 e. The van der Waals surface area contributed by atoms with Gasteiger partial charge < -0.3 is 5.11 Å². The standard InChI is InChI=1S/C16H9FN2O4S2/c17-10-2-1-3-11(8-10)18-15(21)14(25-16(18)24)7-9-4-5-13(20)12(6-9)19(22)23/h1-8,20H/b14-7+. The zero-order valence-electron chi connectivity index (χ0n) is 12.4. The van der Waals surface area contributed by atoms with Gasteiger partial charge in [-0.15, -0.1) is 0 Å². The number of benzene rings is 2. The summed E-state index contributed by atoms with van der Waals surface area (Å²) in [6, 6.07) is 9.25. The van der Waals surface area contributed by atoms with Gasteiger partial charge in [-0.3, -0.25) is 19.8 Å². The lowest BCUT2D eigenvalue weighted by Crippen LogP contribution is -2.27. The van der Waals surface area contributed by atoms with E-state index < -0.39 is 28.1 Å². The van der Waals surface area contributed by atoms with E-state index in [0.29, 0.717) is 11.3 Å². The molecule has 0 aromatic heterocycles. The maximum absolute atomic E-state index is 13.4. The van der Waals surface area contributed by atoms with Gasteiger partial charge in [0, 0.05) is 6.07 Å². The second-order valence-corrected chi connectivity index (χ2v) is 6.68. The molecule has 1 aliphatic rings. The van der Waals surface area contributed by atoms with Crippen molar-refractivity contribution < 1.29 is 19.2 Å². The number of phenolic OH excluding ortho intramolecular Hbond substituents is 1. The number of anilines is 1. The Balaban J connectivity index is 1.96. The Labute approximate surface area is 150 Å². The molecule has 6 nitrogen and oxygen atoms in total. The van der Waals surface area contributed by atoms with Gasteiger partial charge in [-0.25, -0.2) is 4.39 Å². The summed E-state index contributed by atoms with van der Waals surface area (Å²) in [6.45, 7) is 0. The molecule has 2 aromatic carbocycles. The Morgan fingerprint density at radius 2 is 2.04 bits per heavy atom. The van der Waals surface area contributed by atoms with Crippen LogP contribution in [0.5, 0.6) is 5.75 Å². The maximum Gasteiger partial charge on any atom is 0.311 e. The normalized spacial score (nSPS) is 15.9. The molecule has 0 bridgehead atoms. The van der Waals surface area contributed by atoms with Crippen LogP contribution in [0.15, 0.2) is 47.4 Å². The lowest BCUT2D eigenvalue weighted by molar-refractivity contribution is -0.385. The third-order valence-electron chi connectivity index (χ3n) is 3.35. The van der Waals surface area contributed by atoms with Crippen molar-refractivity contribution in [2.24, 2.45) is 0 Å². The molecule has 0 atom stereocenters. The van der Waals surface area contributed by atoms with Crippen LogP contribution >= 0.6 is 24.0 Å². The number of hydrogen-bond donors (Lipinski definition) is 1. The predicted molar refractivity (Wildman–Crippen MR) is 96.8 cm³/mol. The average molecular weight is 376 g/mol. The second-order valence-electron chi connectivity index (χ2n) is 5.00. The highest BCUT2D eigenvalue weighted by atomic mass is 32.2. The van der Waals surface area contributed by atoms with E-state index >= 15 is 0 Å². The molecule has 1 amide bonds. The maximum atomic E-state index is 13.4. The molecule has 0 saturated carbocycles. The first kappa shape index (κ1) is 17.1. The van der Waals surface area contributed by atoms with Gasteiger partial charge in [-0.2, -0.15) is 0 Å². The number of aromatic hydroxyl groups is 1. The first-order valence-corrected chi connectivity index (χ1v) is 8.10. The van der Waals surface area contributed by atoms with Gasteiger partial charge in [-0.05, 0) is 35.9 Å². The summed E-state index contributed by atoms with van der Waals surface area (Å²) in [5.74, 6) is -1.41. The van der Waals surface area contributed by atoms with Crippen molar-refractivity contribution in [1.82, 2.24) is 0 Å². The lowest BCUT2D eigenvalue weighted by Gasteiger charge is -2.14. The molecule has 1 aliphatic heterocycles. The molecule has 0 unspecified atom stereocenters. The van der Waals surface area contributed by atoms with Crippen LogP contribution in [0.4, 0.5) is 15.8 Å². The monoisotopic (exact) mass is 376 g/mol. The molecule has 1 saturated heterocycles. The van der Waals surface area contributed by atoms with E-state index in [2.05, 4.69) is 0 Å². The van der Waals surface area contributed by atoms with E-state index in [1.165, 1.54) is 41.3 Å². The number of thiocarbonyl (C=S) groups is 1. The quantitative estimate of drug-likeness (QED) is 0.379. The summed E-state index contributed by atoms with van der Waals surface area (Å²) in [5, 5.41) is 20.4. The number of thioether (sulfide) groups is 1. The first-order valence-electron chi connectivity index (χ1n) is 6.88. The SMILES string of the molecule is O=C1/C(=C\c2ccc(O)c([N+](=O)[O-])c2)SC(=S)N1c1cccc(F)c1. The van der Waals surface area contributed by atoms with Gasteiger partial charge in [0.15, 0.2) is 10.1 Å². The number of nitro groups is 1. The van der Waals surface area contributed by atoms with Crippen LogP contribution in [-0.2, 0) is 4.79 Å². The minimum absolute atomic E-state index is 0.232. The molecule has 0 radical (unpaired) electrons. The fourth-order valence-electron chi connectivity index (χ4n) is 2.23. The second kappa shape index (κ2) is 6.61. The Hall–Kier alpha value is -2.78. The van der Waals surface area contributed by atoms with Crippen molar-refractivity contribution in [1.29, 1.82) is 0 Å². The number of nitrogens with zero attached hydrogens (tertiary/aromatic N) is 2. The van der Waals surface area contributed by atoms with E-state index in [9.17, 15) is 24.4 Å². The molecule has 2 aromatic rings.